The van der Waals surface area contributed by atoms with Crippen LogP contribution in [0, 0.1) is 13.8 Å². The van der Waals surface area contributed by atoms with Gasteiger partial charge in [-0.3, -0.25) is 4.79 Å². The molecular formula is C25H37N5O2. The van der Waals surface area contributed by atoms with Gasteiger partial charge in [0.2, 0.25) is 0 Å². The Bertz CT molecular complexity index is 1180. The number of ether oxygens (including phenoxy) is 1. The first kappa shape index (κ1) is 26.7. The first-order valence-corrected chi connectivity index (χ1v) is 11.2. The van der Waals surface area contributed by atoms with Crippen LogP contribution in [0.25, 0.3) is 28.3 Å². The van der Waals surface area contributed by atoms with Crippen LogP contribution in [0.15, 0.2) is 41.6 Å². The largest absolute Gasteiger partial charge is 0.496 e. The Labute approximate surface area is 191 Å². The third kappa shape index (κ3) is 5.10. The van der Waals surface area contributed by atoms with Crippen molar-refractivity contribution in [3.8, 4) is 28.5 Å². The summed E-state index contributed by atoms with van der Waals surface area (Å²) in [7, 11) is 3.51. The van der Waals surface area contributed by atoms with Crippen molar-refractivity contribution in [1.29, 1.82) is 0 Å². The molecular weight excluding hydrogens is 402 g/mol. The van der Waals surface area contributed by atoms with Crippen molar-refractivity contribution in [3.63, 3.8) is 0 Å². The number of nitrogens with one attached hydrogen (secondary N) is 1. The first-order valence-electron chi connectivity index (χ1n) is 11.2. The summed E-state index contributed by atoms with van der Waals surface area (Å²) >= 11 is 0. The van der Waals surface area contributed by atoms with Gasteiger partial charge in [-0.05, 0) is 36.6 Å². The number of fused-ring (bicyclic) bond motifs is 1. The minimum Gasteiger partial charge on any atom is -0.496 e. The van der Waals surface area contributed by atoms with Crippen molar-refractivity contribution in [2.45, 2.75) is 55.4 Å². The quantitative estimate of drug-likeness (QED) is 0.438. The zero-order valence-electron chi connectivity index (χ0n) is 21.1. The van der Waals surface area contributed by atoms with Gasteiger partial charge in [0.15, 0.2) is 11.6 Å². The van der Waals surface area contributed by atoms with Gasteiger partial charge in [0, 0.05) is 31.2 Å². The molecule has 0 atom stereocenters. The molecule has 1 aromatic carbocycles. The molecule has 3 aromatic heterocycles. The molecule has 174 valence electrons. The van der Waals surface area contributed by atoms with Crippen LogP contribution in [-0.4, -0.2) is 31.3 Å². The van der Waals surface area contributed by atoms with Crippen molar-refractivity contribution in [1.82, 2.24) is 24.1 Å². The molecule has 0 spiro atoms. The summed E-state index contributed by atoms with van der Waals surface area (Å²) in [5.41, 5.74) is 4.21. The number of aromatic amines is 1. The minimum atomic E-state index is -0.192. The molecule has 0 radical (unpaired) electrons. The van der Waals surface area contributed by atoms with Crippen molar-refractivity contribution in [2.75, 3.05) is 7.11 Å². The van der Waals surface area contributed by atoms with Crippen molar-refractivity contribution >= 4 is 5.52 Å². The molecule has 0 amide bonds. The van der Waals surface area contributed by atoms with E-state index in [0.29, 0.717) is 17.2 Å². The SMILES string of the molecule is CC.CC.CC.COc1cccc(-c2cn3nc(-c4nccn4C)[nH]c(=O)c3c2C)c1C. The van der Waals surface area contributed by atoms with E-state index in [1.807, 2.05) is 97.6 Å². The molecule has 0 saturated carbocycles. The molecule has 0 aliphatic heterocycles. The number of methoxy groups -OCH3 is 1. The number of rotatable bonds is 3. The van der Waals surface area contributed by atoms with Gasteiger partial charge in [-0.2, -0.15) is 0 Å². The van der Waals surface area contributed by atoms with Gasteiger partial charge in [0.1, 0.15) is 11.3 Å². The van der Waals surface area contributed by atoms with E-state index in [9.17, 15) is 4.79 Å². The van der Waals surface area contributed by atoms with E-state index >= 15 is 0 Å². The zero-order valence-corrected chi connectivity index (χ0v) is 21.1. The Morgan fingerprint density at radius 3 is 2.19 bits per heavy atom. The van der Waals surface area contributed by atoms with E-state index < -0.39 is 0 Å². The highest BCUT2D eigenvalue weighted by molar-refractivity contribution is 5.78. The number of nitrogens with zero attached hydrogens (tertiary/aromatic N) is 4. The number of aromatic nitrogens is 5. The minimum absolute atomic E-state index is 0.192. The highest BCUT2D eigenvalue weighted by Crippen LogP contribution is 2.33. The van der Waals surface area contributed by atoms with E-state index in [0.717, 1.165) is 28.0 Å². The van der Waals surface area contributed by atoms with Crippen LogP contribution < -0.4 is 10.3 Å². The Hall–Kier alpha value is -3.35. The molecule has 0 unspecified atom stereocenters. The first-order chi connectivity index (χ1) is 15.5. The number of hydrogen-bond acceptors (Lipinski definition) is 4. The average molecular weight is 440 g/mol. The number of H-pyrrole nitrogens is 1. The van der Waals surface area contributed by atoms with Crippen molar-refractivity contribution in [2.24, 2.45) is 7.05 Å². The van der Waals surface area contributed by atoms with E-state index in [-0.39, 0.29) is 5.56 Å². The lowest BCUT2D eigenvalue weighted by Gasteiger charge is -2.09. The summed E-state index contributed by atoms with van der Waals surface area (Å²) in [6.45, 7) is 15.9. The summed E-state index contributed by atoms with van der Waals surface area (Å²) < 4.78 is 8.87. The lowest BCUT2D eigenvalue weighted by molar-refractivity contribution is 0.412. The van der Waals surface area contributed by atoms with Crippen LogP contribution in [0.2, 0.25) is 0 Å². The highest BCUT2D eigenvalue weighted by atomic mass is 16.5. The molecule has 3 heterocycles. The Balaban J connectivity index is 0.000000789. The average Bonchev–Trinajstić information content (AvgIpc) is 3.41. The number of hydrogen-bond donors (Lipinski definition) is 1. The molecule has 4 rings (SSSR count). The fourth-order valence-corrected chi connectivity index (χ4v) is 3.33. The third-order valence-electron chi connectivity index (χ3n) is 4.72. The molecule has 4 aromatic rings. The van der Waals surface area contributed by atoms with E-state index in [1.54, 1.807) is 17.8 Å². The third-order valence-corrected chi connectivity index (χ3v) is 4.72. The second kappa shape index (κ2) is 12.5. The zero-order chi connectivity index (χ0) is 24.4. The van der Waals surface area contributed by atoms with E-state index in [4.69, 9.17) is 4.74 Å². The lowest BCUT2D eigenvalue weighted by atomic mass is 9.99. The summed E-state index contributed by atoms with van der Waals surface area (Å²) in [4.78, 5) is 19.8. The number of imidazole rings is 1. The summed E-state index contributed by atoms with van der Waals surface area (Å²) in [5, 5.41) is 4.57. The number of benzene rings is 1. The topological polar surface area (TPSA) is 77.2 Å². The van der Waals surface area contributed by atoms with Crippen molar-refractivity contribution in [3.05, 3.63) is 58.3 Å². The molecule has 0 aliphatic carbocycles. The molecule has 7 nitrogen and oxygen atoms in total. The monoisotopic (exact) mass is 439 g/mol. The van der Waals surface area contributed by atoms with Crippen LogP contribution in [0.5, 0.6) is 5.75 Å². The summed E-state index contributed by atoms with van der Waals surface area (Å²) in [5.74, 6) is 1.85. The molecule has 1 N–H and O–H groups in total. The van der Waals surface area contributed by atoms with Crippen LogP contribution in [-0.2, 0) is 7.05 Å². The maximum atomic E-state index is 12.7. The van der Waals surface area contributed by atoms with Crippen LogP contribution in [0.4, 0.5) is 0 Å². The Morgan fingerprint density at radius 2 is 1.62 bits per heavy atom. The second-order valence-electron chi connectivity index (χ2n) is 6.26. The molecule has 7 heteroatoms. The lowest BCUT2D eigenvalue weighted by Crippen LogP contribution is -2.15. The molecule has 0 bridgehead atoms. The van der Waals surface area contributed by atoms with E-state index in [1.165, 1.54) is 0 Å². The predicted molar refractivity (Wildman–Crippen MR) is 134 cm³/mol. The standard InChI is InChI=1S/C19H19N5O2.3C2H6/c1-11-13(6-5-7-15(11)26-4)14-10-24-16(12(14)2)19(25)21-17(22-24)18-20-8-9-23(18)3;3*1-2/h5-10H,1-4H3,(H,21,22,25);3*1-2H3. The van der Waals surface area contributed by atoms with Crippen LogP contribution >= 0.6 is 0 Å². The normalized spacial score (nSPS) is 9.69. The van der Waals surface area contributed by atoms with Crippen molar-refractivity contribution < 1.29 is 4.74 Å². The second-order valence-corrected chi connectivity index (χ2v) is 6.26. The predicted octanol–water partition coefficient (Wildman–Crippen LogP) is 5.79. The number of aryl methyl sites for hydroxylation is 2. The Kier molecular flexibility index (Phi) is 10.4. The molecule has 0 saturated heterocycles. The Morgan fingerprint density at radius 1 is 0.969 bits per heavy atom. The van der Waals surface area contributed by atoms with Gasteiger partial charge in [-0.15, -0.1) is 5.10 Å². The fourth-order valence-electron chi connectivity index (χ4n) is 3.33. The maximum absolute atomic E-state index is 12.7. The van der Waals surface area contributed by atoms with Gasteiger partial charge >= 0.3 is 0 Å². The smallest absolute Gasteiger partial charge is 0.275 e. The fraction of sp³-hybridized carbons (Fsp3) is 0.400. The molecule has 0 aliphatic rings. The van der Waals surface area contributed by atoms with Gasteiger partial charge in [0.25, 0.3) is 5.56 Å². The summed E-state index contributed by atoms with van der Waals surface area (Å²) in [6, 6.07) is 5.89. The van der Waals surface area contributed by atoms with Gasteiger partial charge in [-0.25, -0.2) is 9.50 Å². The van der Waals surface area contributed by atoms with Gasteiger partial charge in [-0.1, -0.05) is 53.7 Å². The molecule has 32 heavy (non-hydrogen) atoms. The van der Waals surface area contributed by atoms with Gasteiger partial charge in [0.05, 0.1) is 7.11 Å². The molecule has 0 fully saturated rings. The van der Waals surface area contributed by atoms with Crippen LogP contribution in [0.1, 0.15) is 52.7 Å². The van der Waals surface area contributed by atoms with E-state index in [2.05, 4.69) is 15.1 Å². The maximum Gasteiger partial charge on any atom is 0.275 e. The van der Waals surface area contributed by atoms with Gasteiger partial charge < -0.3 is 14.3 Å². The highest BCUT2D eigenvalue weighted by Gasteiger charge is 2.17. The van der Waals surface area contributed by atoms with Crippen LogP contribution in [0.3, 0.4) is 0 Å². The summed E-state index contributed by atoms with van der Waals surface area (Å²) in [6.07, 6.45) is 5.37.